The number of halogens is 1. The fraction of sp³-hybridized carbons (Fsp3) is 0. The Hall–Kier alpha value is -3.24. The van der Waals surface area contributed by atoms with Gasteiger partial charge in [-0.3, -0.25) is 4.79 Å². The quantitative estimate of drug-likeness (QED) is 0.695. The number of carbonyl (C=O) groups is 1. The molecule has 0 radical (unpaired) electrons. The predicted molar refractivity (Wildman–Crippen MR) is 98.6 cm³/mol. The highest BCUT2D eigenvalue weighted by Crippen LogP contribution is 2.16. The molecule has 0 aliphatic rings. The first-order valence-electron chi connectivity index (χ1n) is 7.31. The molecule has 0 atom stereocenters. The number of rotatable bonds is 4. The van der Waals surface area contributed by atoms with Gasteiger partial charge in [-0.15, -0.1) is 0 Å². The van der Waals surface area contributed by atoms with E-state index in [1.54, 1.807) is 36.4 Å². The summed E-state index contributed by atoms with van der Waals surface area (Å²) in [7, 11) is 0. The maximum absolute atomic E-state index is 12.3. The number of benzene rings is 2. The van der Waals surface area contributed by atoms with Gasteiger partial charge in [-0.2, -0.15) is 5.26 Å². The van der Waals surface area contributed by atoms with Gasteiger partial charge in [0.05, 0.1) is 11.6 Å². The Morgan fingerprint density at radius 2 is 1.88 bits per heavy atom. The second-order valence-electron chi connectivity index (χ2n) is 5.04. The maximum atomic E-state index is 12.3. The molecule has 0 unspecified atom stereocenters. The minimum Gasteiger partial charge on any atom is -0.324 e. The Balaban J connectivity index is 1.75. The van der Waals surface area contributed by atoms with Gasteiger partial charge in [-0.05, 0) is 48.5 Å². The summed E-state index contributed by atoms with van der Waals surface area (Å²) in [4.78, 5) is 20.6. The van der Waals surface area contributed by atoms with E-state index in [-0.39, 0.29) is 17.5 Å². The minimum absolute atomic E-state index is 0.233. The van der Waals surface area contributed by atoms with E-state index in [2.05, 4.69) is 42.6 Å². The van der Waals surface area contributed by atoms with Crippen molar-refractivity contribution in [3.05, 3.63) is 76.5 Å². The molecule has 2 N–H and O–H groups in total. The number of nitriles is 1. The predicted octanol–water partition coefficient (Wildman–Crippen LogP) is 4.11. The van der Waals surface area contributed by atoms with Crippen LogP contribution in [0.15, 0.2) is 65.3 Å². The molecule has 3 aromatic rings. The highest BCUT2D eigenvalue weighted by atomic mass is 79.9. The van der Waals surface area contributed by atoms with E-state index in [0.29, 0.717) is 16.9 Å². The van der Waals surface area contributed by atoms with Crippen LogP contribution >= 0.6 is 15.9 Å². The first kappa shape index (κ1) is 16.6. The standard InChI is InChI=1S/C18H12BrN5O/c19-13-4-6-14(7-5-13)22-17(25)16-8-9-21-18(24-16)23-15-3-1-2-12(10-15)11-20/h1-10H,(H,22,25)(H,21,23,24). The second-order valence-corrected chi connectivity index (χ2v) is 5.96. The molecule has 0 spiro atoms. The average molecular weight is 394 g/mol. The second kappa shape index (κ2) is 7.55. The van der Waals surface area contributed by atoms with Crippen LogP contribution in [-0.2, 0) is 0 Å². The number of nitrogens with zero attached hydrogens (tertiary/aromatic N) is 3. The summed E-state index contributed by atoms with van der Waals surface area (Å²) in [5.74, 6) is -0.0582. The van der Waals surface area contributed by atoms with Crippen molar-refractivity contribution < 1.29 is 4.79 Å². The lowest BCUT2D eigenvalue weighted by Gasteiger charge is -2.08. The Bertz CT molecular complexity index is 950. The van der Waals surface area contributed by atoms with Crippen LogP contribution in [0.5, 0.6) is 0 Å². The molecule has 1 heterocycles. The van der Waals surface area contributed by atoms with Gasteiger partial charge in [0, 0.05) is 22.0 Å². The molecule has 0 bridgehead atoms. The van der Waals surface area contributed by atoms with Crippen molar-refractivity contribution in [1.82, 2.24) is 9.97 Å². The molecule has 6 nitrogen and oxygen atoms in total. The highest BCUT2D eigenvalue weighted by Gasteiger charge is 2.09. The first-order valence-corrected chi connectivity index (χ1v) is 8.10. The molecule has 122 valence electrons. The van der Waals surface area contributed by atoms with E-state index < -0.39 is 0 Å². The highest BCUT2D eigenvalue weighted by molar-refractivity contribution is 9.10. The van der Waals surface area contributed by atoms with E-state index in [1.807, 2.05) is 12.1 Å². The summed E-state index contributed by atoms with van der Waals surface area (Å²) in [5, 5.41) is 14.7. The fourth-order valence-corrected chi connectivity index (χ4v) is 2.33. The van der Waals surface area contributed by atoms with Crippen molar-refractivity contribution in [2.45, 2.75) is 0 Å². The monoisotopic (exact) mass is 393 g/mol. The molecule has 0 aliphatic carbocycles. The van der Waals surface area contributed by atoms with E-state index in [1.165, 1.54) is 12.3 Å². The van der Waals surface area contributed by atoms with Gasteiger partial charge in [0.25, 0.3) is 5.91 Å². The first-order chi connectivity index (χ1) is 12.1. The largest absolute Gasteiger partial charge is 0.324 e. The SMILES string of the molecule is N#Cc1cccc(Nc2nccc(C(=O)Nc3ccc(Br)cc3)n2)c1. The fourth-order valence-electron chi connectivity index (χ4n) is 2.07. The van der Waals surface area contributed by atoms with Gasteiger partial charge < -0.3 is 10.6 Å². The topological polar surface area (TPSA) is 90.7 Å². The average Bonchev–Trinajstić information content (AvgIpc) is 2.64. The number of amides is 1. The molecule has 25 heavy (non-hydrogen) atoms. The Morgan fingerprint density at radius 3 is 2.64 bits per heavy atom. The molecule has 1 aromatic heterocycles. The molecule has 0 saturated carbocycles. The molecular weight excluding hydrogens is 382 g/mol. The zero-order chi connectivity index (χ0) is 17.6. The lowest BCUT2D eigenvalue weighted by molar-refractivity contribution is 0.102. The van der Waals surface area contributed by atoms with E-state index in [4.69, 9.17) is 5.26 Å². The number of hydrogen-bond donors (Lipinski definition) is 2. The van der Waals surface area contributed by atoms with Crippen molar-refractivity contribution in [1.29, 1.82) is 5.26 Å². The molecule has 0 fully saturated rings. The van der Waals surface area contributed by atoms with Crippen LogP contribution in [0.2, 0.25) is 0 Å². The Morgan fingerprint density at radius 1 is 1.08 bits per heavy atom. The Labute approximate surface area is 152 Å². The van der Waals surface area contributed by atoms with Crippen LogP contribution < -0.4 is 10.6 Å². The van der Waals surface area contributed by atoms with E-state index in [0.717, 1.165) is 4.47 Å². The lowest BCUT2D eigenvalue weighted by Crippen LogP contribution is -2.14. The third kappa shape index (κ3) is 4.40. The van der Waals surface area contributed by atoms with Crippen LogP contribution in [0.4, 0.5) is 17.3 Å². The number of aromatic nitrogens is 2. The third-order valence-corrected chi connectivity index (χ3v) is 3.77. The normalized spacial score (nSPS) is 9.92. The van der Waals surface area contributed by atoms with Gasteiger partial charge in [0.15, 0.2) is 0 Å². The summed E-state index contributed by atoms with van der Waals surface area (Å²) in [5.41, 5.74) is 2.10. The number of anilines is 3. The summed E-state index contributed by atoms with van der Waals surface area (Å²) in [6.45, 7) is 0. The van der Waals surface area contributed by atoms with Gasteiger partial charge in [0.1, 0.15) is 5.69 Å². The van der Waals surface area contributed by atoms with E-state index >= 15 is 0 Å². The number of nitrogens with one attached hydrogen (secondary N) is 2. The summed E-state index contributed by atoms with van der Waals surface area (Å²) in [6.07, 6.45) is 1.50. The molecule has 3 rings (SSSR count). The Kier molecular flexibility index (Phi) is 5.02. The van der Waals surface area contributed by atoms with Crippen molar-refractivity contribution in [3.8, 4) is 6.07 Å². The zero-order valence-corrected chi connectivity index (χ0v) is 14.5. The van der Waals surface area contributed by atoms with Gasteiger partial charge in [-0.25, -0.2) is 9.97 Å². The summed E-state index contributed by atoms with van der Waals surface area (Å²) < 4.78 is 0.929. The van der Waals surface area contributed by atoms with E-state index in [9.17, 15) is 4.79 Å². The van der Waals surface area contributed by atoms with Crippen LogP contribution in [0.3, 0.4) is 0 Å². The van der Waals surface area contributed by atoms with Crippen molar-refractivity contribution >= 4 is 39.2 Å². The van der Waals surface area contributed by atoms with Crippen LogP contribution in [-0.4, -0.2) is 15.9 Å². The minimum atomic E-state index is -0.335. The molecule has 1 amide bonds. The van der Waals surface area contributed by atoms with Crippen molar-refractivity contribution in [3.63, 3.8) is 0 Å². The summed E-state index contributed by atoms with van der Waals surface area (Å²) >= 11 is 3.35. The van der Waals surface area contributed by atoms with Gasteiger partial charge >= 0.3 is 0 Å². The van der Waals surface area contributed by atoms with Crippen LogP contribution in [0.25, 0.3) is 0 Å². The van der Waals surface area contributed by atoms with Crippen molar-refractivity contribution in [2.24, 2.45) is 0 Å². The van der Waals surface area contributed by atoms with Crippen LogP contribution in [0.1, 0.15) is 16.1 Å². The van der Waals surface area contributed by atoms with Crippen molar-refractivity contribution in [2.75, 3.05) is 10.6 Å². The number of hydrogen-bond acceptors (Lipinski definition) is 5. The smallest absolute Gasteiger partial charge is 0.274 e. The summed E-state index contributed by atoms with van der Waals surface area (Å²) in [6, 6.07) is 17.8. The molecule has 0 aliphatic heterocycles. The zero-order valence-electron chi connectivity index (χ0n) is 12.9. The maximum Gasteiger partial charge on any atom is 0.274 e. The van der Waals surface area contributed by atoms with Gasteiger partial charge in [-0.1, -0.05) is 22.0 Å². The molecular formula is C18H12BrN5O. The molecule has 7 heteroatoms. The number of carbonyl (C=O) groups excluding carboxylic acids is 1. The molecule has 2 aromatic carbocycles. The third-order valence-electron chi connectivity index (χ3n) is 3.24. The molecule has 0 saturated heterocycles. The lowest BCUT2D eigenvalue weighted by atomic mass is 10.2. The van der Waals surface area contributed by atoms with Gasteiger partial charge in [0.2, 0.25) is 5.95 Å². The van der Waals surface area contributed by atoms with Crippen LogP contribution in [0, 0.1) is 11.3 Å².